The van der Waals surface area contributed by atoms with Crippen molar-refractivity contribution in [3.05, 3.63) is 45.4 Å². The largest absolute Gasteiger partial charge is 0.399 e. The topological polar surface area (TPSA) is 68.0 Å². The number of carbonyl (C=O) groups is 1. The van der Waals surface area contributed by atoms with E-state index in [1.54, 1.807) is 35.7 Å². The van der Waals surface area contributed by atoms with Gasteiger partial charge < -0.3 is 11.1 Å². The minimum atomic E-state index is -0.0847. The Morgan fingerprint density at radius 1 is 1.44 bits per heavy atom. The van der Waals surface area contributed by atoms with E-state index in [9.17, 15) is 4.79 Å². The molecular weight excluding hydrogens is 246 g/mol. The van der Waals surface area contributed by atoms with Gasteiger partial charge >= 0.3 is 0 Å². The molecule has 94 valence electrons. The van der Waals surface area contributed by atoms with Gasteiger partial charge in [-0.25, -0.2) is 4.98 Å². The Hall–Kier alpha value is -1.88. The van der Waals surface area contributed by atoms with Crippen molar-refractivity contribution < 1.29 is 4.79 Å². The number of hydrogen-bond acceptors (Lipinski definition) is 4. The smallest absolute Gasteiger partial charge is 0.251 e. The zero-order valence-electron chi connectivity index (χ0n) is 10.4. The molecule has 1 aromatic carbocycles. The van der Waals surface area contributed by atoms with Crippen molar-refractivity contribution in [2.24, 2.45) is 0 Å². The lowest BCUT2D eigenvalue weighted by molar-refractivity contribution is 0.0950. The second kappa shape index (κ2) is 5.18. The summed E-state index contributed by atoms with van der Waals surface area (Å²) < 4.78 is 0. The lowest BCUT2D eigenvalue weighted by Crippen LogP contribution is -2.23. The molecule has 0 radical (unpaired) electrons. The molecule has 18 heavy (non-hydrogen) atoms. The van der Waals surface area contributed by atoms with E-state index in [1.165, 1.54) is 0 Å². The zero-order chi connectivity index (χ0) is 13.1. The Morgan fingerprint density at radius 2 is 2.22 bits per heavy atom. The van der Waals surface area contributed by atoms with Crippen LogP contribution in [0.25, 0.3) is 0 Å². The highest BCUT2D eigenvalue weighted by molar-refractivity contribution is 7.11. The van der Waals surface area contributed by atoms with Crippen LogP contribution in [0.2, 0.25) is 0 Å². The number of nitrogens with zero attached hydrogens (tertiary/aromatic N) is 1. The summed E-state index contributed by atoms with van der Waals surface area (Å²) in [5, 5.41) is 3.88. The molecule has 1 aromatic heterocycles. The first-order valence-corrected chi connectivity index (χ1v) is 6.43. The van der Waals surface area contributed by atoms with Crippen molar-refractivity contribution >= 4 is 22.9 Å². The monoisotopic (exact) mass is 261 g/mol. The summed E-state index contributed by atoms with van der Waals surface area (Å²) in [5.74, 6) is -0.0847. The molecule has 0 bridgehead atoms. The Kier molecular flexibility index (Phi) is 3.62. The summed E-state index contributed by atoms with van der Waals surface area (Å²) in [4.78, 5) is 17.2. The predicted molar refractivity (Wildman–Crippen MR) is 73.6 cm³/mol. The van der Waals surface area contributed by atoms with Crippen molar-refractivity contribution in [3.8, 4) is 0 Å². The molecule has 2 rings (SSSR count). The summed E-state index contributed by atoms with van der Waals surface area (Å²) in [6, 6.07) is 5.28. The first-order chi connectivity index (χ1) is 8.56. The third-order valence-corrected chi connectivity index (χ3v) is 3.50. The number of benzene rings is 1. The highest BCUT2D eigenvalue weighted by Gasteiger charge is 2.09. The maximum absolute atomic E-state index is 12.0. The van der Waals surface area contributed by atoms with Crippen LogP contribution < -0.4 is 11.1 Å². The summed E-state index contributed by atoms with van der Waals surface area (Å²) in [6.45, 7) is 4.33. The molecule has 0 aliphatic rings. The number of nitrogens with two attached hydrogens (primary N) is 1. The minimum Gasteiger partial charge on any atom is -0.399 e. The molecule has 0 aliphatic heterocycles. The molecule has 0 saturated carbocycles. The van der Waals surface area contributed by atoms with E-state index in [0.717, 1.165) is 15.4 Å². The summed E-state index contributed by atoms with van der Waals surface area (Å²) in [7, 11) is 0. The second-order valence-electron chi connectivity index (χ2n) is 4.10. The van der Waals surface area contributed by atoms with Crippen LogP contribution in [0.4, 0.5) is 5.69 Å². The van der Waals surface area contributed by atoms with Crippen LogP contribution in [0, 0.1) is 13.8 Å². The Morgan fingerprint density at radius 3 is 2.83 bits per heavy atom. The van der Waals surface area contributed by atoms with E-state index in [2.05, 4.69) is 10.3 Å². The van der Waals surface area contributed by atoms with Crippen molar-refractivity contribution in [3.63, 3.8) is 0 Å². The molecule has 0 atom stereocenters. The van der Waals surface area contributed by atoms with Crippen LogP contribution >= 0.6 is 11.3 Å². The number of hydrogen-bond donors (Lipinski definition) is 2. The molecule has 0 saturated heterocycles. The third-order valence-electron chi connectivity index (χ3n) is 2.59. The van der Waals surface area contributed by atoms with E-state index in [1.807, 2.05) is 13.8 Å². The van der Waals surface area contributed by atoms with Crippen LogP contribution in [-0.4, -0.2) is 10.9 Å². The van der Waals surface area contributed by atoms with Gasteiger partial charge in [0.15, 0.2) is 0 Å². The molecule has 1 amide bonds. The number of amides is 1. The van der Waals surface area contributed by atoms with Gasteiger partial charge in [-0.3, -0.25) is 4.79 Å². The van der Waals surface area contributed by atoms with Gasteiger partial charge in [-0.2, -0.15) is 0 Å². The Labute approximate surface area is 110 Å². The Balaban J connectivity index is 2.03. The SMILES string of the molecule is Cc1ncc(CNC(=O)c2ccc(N)cc2C)s1. The van der Waals surface area contributed by atoms with E-state index >= 15 is 0 Å². The summed E-state index contributed by atoms with van der Waals surface area (Å²) in [6.07, 6.45) is 1.79. The molecule has 5 heteroatoms. The lowest BCUT2D eigenvalue weighted by Gasteiger charge is -2.07. The maximum Gasteiger partial charge on any atom is 0.251 e. The fraction of sp³-hybridized carbons (Fsp3) is 0.231. The number of carbonyl (C=O) groups excluding carboxylic acids is 1. The quantitative estimate of drug-likeness (QED) is 0.833. The fourth-order valence-corrected chi connectivity index (χ4v) is 2.43. The maximum atomic E-state index is 12.0. The third kappa shape index (κ3) is 2.87. The van der Waals surface area contributed by atoms with Crippen molar-refractivity contribution in [2.45, 2.75) is 20.4 Å². The highest BCUT2D eigenvalue weighted by atomic mass is 32.1. The van der Waals surface area contributed by atoms with Crippen molar-refractivity contribution in [2.75, 3.05) is 5.73 Å². The van der Waals surface area contributed by atoms with Gasteiger partial charge in [-0.1, -0.05) is 0 Å². The van der Waals surface area contributed by atoms with Gasteiger partial charge in [0.2, 0.25) is 0 Å². The van der Waals surface area contributed by atoms with Gasteiger partial charge in [-0.15, -0.1) is 11.3 Å². The van der Waals surface area contributed by atoms with Crippen molar-refractivity contribution in [1.29, 1.82) is 0 Å². The first-order valence-electron chi connectivity index (χ1n) is 5.62. The highest BCUT2D eigenvalue weighted by Crippen LogP contribution is 2.14. The number of nitrogens with one attached hydrogen (secondary N) is 1. The van der Waals surface area contributed by atoms with Crippen LogP contribution in [-0.2, 0) is 6.54 Å². The van der Waals surface area contributed by atoms with Gasteiger partial charge in [0.05, 0.1) is 11.6 Å². The number of nitrogen functional groups attached to an aromatic ring is 1. The molecule has 0 spiro atoms. The molecule has 0 aliphatic carbocycles. The van der Waals surface area contributed by atoms with E-state index in [-0.39, 0.29) is 5.91 Å². The van der Waals surface area contributed by atoms with Gasteiger partial charge in [-0.05, 0) is 37.6 Å². The van der Waals surface area contributed by atoms with Crippen LogP contribution in [0.1, 0.15) is 25.8 Å². The Bertz CT molecular complexity index is 577. The summed E-state index contributed by atoms with van der Waals surface area (Å²) in [5.41, 5.74) is 7.87. The number of rotatable bonds is 3. The number of thiazole rings is 1. The van der Waals surface area contributed by atoms with E-state index in [0.29, 0.717) is 17.8 Å². The van der Waals surface area contributed by atoms with E-state index in [4.69, 9.17) is 5.73 Å². The average molecular weight is 261 g/mol. The zero-order valence-corrected chi connectivity index (χ0v) is 11.2. The minimum absolute atomic E-state index is 0.0847. The molecule has 1 heterocycles. The van der Waals surface area contributed by atoms with Gasteiger partial charge in [0.1, 0.15) is 0 Å². The fourth-order valence-electron chi connectivity index (χ4n) is 1.69. The van der Waals surface area contributed by atoms with Crippen LogP contribution in [0.3, 0.4) is 0 Å². The standard InChI is InChI=1S/C13H15N3OS/c1-8-5-10(14)3-4-12(8)13(17)16-7-11-6-15-9(2)18-11/h3-6H,7,14H2,1-2H3,(H,16,17). The van der Waals surface area contributed by atoms with Crippen molar-refractivity contribution in [1.82, 2.24) is 10.3 Å². The molecule has 4 nitrogen and oxygen atoms in total. The number of aromatic nitrogens is 1. The first kappa shape index (κ1) is 12.6. The molecular formula is C13H15N3OS. The van der Waals surface area contributed by atoms with Gasteiger partial charge in [0.25, 0.3) is 5.91 Å². The number of anilines is 1. The van der Waals surface area contributed by atoms with Gasteiger partial charge in [0, 0.05) is 22.3 Å². The normalized spacial score (nSPS) is 10.3. The predicted octanol–water partition coefficient (Wildman–Crippen LogP) is 2.27. The van der Waals surface area contributed by atoms with Crippen LogP contribution in [0.5, 0.6) is 0 Å². The molecule has 2 aromatic rings. The molecule has 3 N–H and O–H groups in total. The average Bonchev–Trinajstić information content (AvgIpc) is 2.72. The second-order valence-corrected chi connectivity index (χ2v) is 5.42. The summed E-state index contributed by atoms with van der Waals surface area (Å²) >= 11 is 1.59. The number of aryl methyl sites for hydroxylation is 2. The lowest BCUT2D eigenvalue weighted by atomic mass is 10.1. The molecule has 0 unspecified atom stereocenters. The van der Waals surface area contributed by atoms with E-state index < -0.39 is 0 Å². The van der Waals surface area contributed by atoms with Crippen LogP contribution in [0.15, 0.2) is 24.4 Å². The molecule has 0 fully saturated rings.